The molecule has 1 aliphatic carbocycles. The number of benzene rings is 1. The number of carboxylic acids is 1. The average Bonchev–Trinajstić information content (AvgIpc) is 2.53. The van der Waals surface area contributed by atoms with E-state index >= 15 is 0 Å². The van der Waals surface area contributed by atoms with Crippen molar-refractivity contribution >= 4 is 11.5 Å². The van der Waals surface area contributed by atoms with Gasteiger partial charge in [-0.1, -0.05) is 56.2 Å². The lowest BCUT2D eigenvalue weighted by Gasteiger charge is -2.34. The standard InChI is InChI=1S/C18H22O3/c1-3-4-11-18(21-2)12-10-15(17(19)20)16(13-18)14-8-6-5-7-9-14/h5-10,12H,3-4,11,13H2,1-2H3,(H,19,20). The summed E-state index contributed by atoms with van der Waals surface area (Å²) in [5.41, 5.74) is 1.78. The molecule has 0 heterocycles. The molecule has 0 spiro atoms. The summed E-state index contributed by atoms with van der Waals surface area (Å²) in [5.74, 6) is -0.884. The highest BCUT2D eigenvalue weighted by Crippen LogP contribution is 2.38. The zero-order chi connectivity index (χ0) is 15.3. The Balaban J connectivity index is 2.40. The van der Waals surface area contributed by atoms with Gasteiger partial charge in [0.1, 0.15) is 0 Å². The fourth-order valence-corrected chi connectivity index (χ4v) is 2.78. The lowest BCUT2D eigenvalue weighted by atomic mass is 9.80. The van der Waals surface area contributed by atoms with Gasteiger partial charge in [-0.05, 0) is 23.6 Å². The quantitative estimate of drug-likeness (QED) is 0.857. The van der Waals surface area contributed by atoms with Crippen molar-refractivity contribution in [1.82, 2.24) is 0 Å². The number of hydrogen-bond acceptors (Lipinski definition) is 2. The van der Waals surface area contributed by atoms with Crippen LogP contribution in [-0.4, -0.2) is 23.8 Å². The SMILES string of the molecule is CCCCC1(OC)C=CC(C(=O)O)=C(c2ccccc2)C1. The predicted octanol–water partition coefficient (Wildman–Crippen LogP) is 4.06. The number of carbonyl (C=O) groups is 1. The van der Waals surface area contributed by atoms with Gasteiger partial charge in [-0.3, -0.25) is 0 Å². The van der Waals surface area contributed by atoms with Gasteiger partial charge in [-0.15, -0.1) is 0 Å². The third-order valence-electron chi connectivity index (χ3n) is 4.07. The van der Waals surface area contributed by atoms with Crippen LogP contribution in [0.5, 0.6) is 0 Å². The van der Waals surface area contributed by atoms with Crippen molar-refractivity contribution < 1.29 is 14.6 Å². The minimum absolute atomic E-state index is 0.366. The molecule has 1 aromatic carbocycles. The van der Waals surface area contributed by atoms with Gasteiger partial charge in [-0.2, -0.15) is 0 Å². The van der Waals surface area contributed by atoms with Crippen LogP contribution in [0.25, 0.3) is 5.57 Å². The summed E-state index contributed by atoms with van der Waals surface area (Å²) in [6.07, 6.45) is 7.27. The molecule has 0 aliphatic heterocycles. The summed E-state index contributed by atoms with van der Waals surface area (Å²) in [5, 5.41) is 9.44. The van der Waals surface area contributed by atoms with Crippen LogP contribution < -0.4 is 0 Å². The number of hydrogen-bond donors (Lipinski definition) is 1. The van der Waals surface area contributed by atoms with Crippen LogP contribution in [0, 0.1) is 0 Å². The van der Waals surface area contributed by atoms with E-state index in [1.807, 2.05) is 36.4 Å². The number of ether oxygens (including phenoxy) is 1. The second-order valence-corrected chi connectivity index (χ2v) is 5.45. The molecule has 0 saturated carbocycles. The molecule has 3 nitrogen and oxygen atoms in total. The Morgan fingerprint density at radius 3 is 2.62 bits per heavy atom. The Hall–Kier alpha value is -1.87. The minimum atomic E-state index is -0.884. The van der Waals surface area contributed by atoms with Crippen molar-refractivity contribution in [1.29, 1.82) is 0 Å². The molecule has 0 fully saturated rings. The molecule has 0 amide bonds. The third-order valence-corrected chi connectivity index (χ3v) is 4.07. The first-order valence-corrected chi connectivity index (χ1v) is 7.38. The van der Waals surface area contributed by atoms with Crippen molar-refractivity contribution in [3.05, 3.63) is 53.6 Å². The summed E-state index contributed by atoms with van der Waals surface area (Å²) >= 11 is 0. The lowest BCUT2D eigenvalue weighted by molar-refractivity contribution is -0.132. The summed E-state index contributed by atoms with van der Waals surface area (Å²) < 4.78 is 5.75. The molecule has 1 N–H and O–H groups in total. The highest BCUT2D eigenvalue weighted by Gasteiger charge is 2.33. The number of carboxylic acid groups (broad SMARTS) is 1. The van der Waals surface area contributed by atoms with Crippen LogP contribution in [-0.2, 0) is 9.53 Å². The van der Waals surface area contributed by atoms with E-state index in [4.69, 9.17) is 4.74 Å². The first-order chi connectivity index (χ1) is 10.1. The first-order valence-electron chi connectivity index (χ1n) is 7.38. The van der Waals surface area contributed by atoms with Gasteiger partial charge < -0.3 is 9.84 Å². The number of methoxy groups -OCH3 is 1. The van der Waals surface area contributed by atoms with E-state index in [1.54, 1.807) is 13.2 Å². The van der Waals surface area contributed by atoms with Gasteiger partial charge in [0.25, 0.3) is 0 Å². The van der Waals surface area contributed by atoms with Gasteiger partial charge in [-0.25, -0.2) is 4.79 Å². The summed E-state index contributed by atoms with van der Waals surface area (Å²) in [6, 6.07) is 9.71. The van der Waals surface area contributed by atoms with Crippen LogP contribution >= 0.6 is 0 Å². The van der Waals surface area contributed by atoms with E-state index in [0.717, 1.165) is 30.4 Å². The topological polar surface area (TPSA) is 46.5 Å². The molecule has 0 aromatic heterocycles. The monoisotopic (exact) mass is 286 g/mol. The zero-order valence-electron chi connectivity index (χ0n) is 12.6. The average molecular weight is 286 g/mol. The summed E-state index contributed by atoms with van der Waals surface area (Å²) in [6.45, 7) is 2.15. The molecule has 2 rings (SSSR count). The van der Waals surface area contributed by atoms with E-state index in [0.29, 0.717) is 12.0 Å². The van der Waals surface area contributed by atoms with Crippen LogP contribution in [0.4, 0.5) is 0 Å². The number of unbranched alkanes of at least 4 members (excludes halogenated alkanes) is 1. The normalized spacial score (nSPS) is 21.6. The predicted molar refractivity (Wildman–Crippen MR) is 84.0 cm³/mol. The highest BCUT2D eigenvalue weighted by molar-refractivity contribution is 6.00. The van der Waals surface area contributed by atoms with Gasteiger partial charge in [0, 0.05) is 13.5 Å². The molecule has 1 unspecified atom stereocenters. The Kier molecular flexibility index (Phi) is 4.97. The summed E-state index contributed by atoms with van der Waals surface area (Å²) in [7, 11) is 1.70. The lowest BCUT2D eigenvalue weighted by Crippen LogP contribution is -2.32. The van der Waals surface area contributed by atoms with Crippen molar-refractivity contribution in [3.8, 4) is 0 Å². The van der Waals surface area contributed by atoms with Crippen LogP contribution in [0.1, 0.15) is 38.2 Å². The van der Waals surface area contributed by atoms with Crippen molar-refractivity contribution in [2.45, 2.75) is 38.2 Å². The minimum Gasteiger partial charge on any atom is -0.478 e. The molecule has 1 atom stereocenters. The molecule has 0 radical (unpaired) electrons. The Morgan fingerprint density at radius 2 is 2.05 bits per heavy atom. The molecule has 3 heteroatoms. The molecule has 1 aromatic rings. The third kappa shape index (κ3) is 3.42. The van der Waals surface area contributed by atoms with Crippen LogP contribution in [0.3, 0.4) is 0 Å². The van der Waals surface area contributed by atoms with Crippen LogP contribution in [0.2, 0.25) is 0 Å². The fraction of sp³-hybridized carbons (Fsp3) is 0.389. The van der Waals surface area contributed by atoms with Crippen molar-refractivity contribution in [2.24, 2.45) is 0 Å². The molecule has 1 aliphatic rings. The van der Waals surface area contributed by atoms with Gasteiger partial charge in [0.2, 0.25) is 0 Å². The molecule has 0 bridgehead atoms. The zero-order valence-corrected chi connectivity index (χ0v) is 12.6. The number of rotatable bonds is 6. The van der Waals surface area contributed by atoms with E-state index in [9.17, 15) is 9.90 Å². The van der Waals surface area contributed by atoms with Gasteiger partial charge in [0.05, 0.1) is 11.2 Å². The van der Waals surface area contributed by atoms with E-state index in [-0.39, 0.29) is 5.60 Å². The maximum absolute atomic E-state index is 11.5. The second-order valence-electron chi connectivity index (χ2n) is 5.45. The Labute approximate surface area is 125 Å². The smallest absolute Gasteiger partial charge is 0.335 e. The maximum Gasteiger partial charge on any atom is 0.335 e. The largest absolute Gasteiger partial charge is 0.478 e. The molecular weight excluding hydrogens is 264 g/mol. The van der Waals surface area contributed by atoms with Crippen molar-refractivity contribution in [3.63, 3.8) is 0 Å². The molecule has 21 heavy (non-hydrogen) atoms. The van der Waals surface area contributed by atoms with E-state index in [1.165, 1.54) is 0 Å². The van der Waals surface area contributed by atoms with Gasteiger partial charge >= 0.3 is 5.97 Å². The molecule has 0 saturated heterocycles. The Bertz CT molecular complexity index is 557. The summed E-state index contributed by atoms with van der Waals surface area (Å²) in [4.78, 5) is 11.5. The highest BCUT2D eigenvalue weighted by atomic mass is 16.5. The molecular formula is C18H22O3. The van der Waals surface area contributed by atoms with E-state index < -0.39 is 5.97 Å². The first kappa shape index (κ1) is 15.5. The van der Waals surface area contributed by atoms with E-state index in [2.05, 4.69) is 6.92 Å². The van der Waals surface area contributed by atoms with Gasteiger partial charge in [0.15, 0.2) is 0 Å². The van der Waals surface area contributed by atoms with Crippen LogP contribution in [0.15, 0.2) is 48.1 Å². The number of aliphatic carboxylic acids is 1. The second kappa shape index (κ2) is 6.72. The fourth-order valence-electron chi connectivity index (χ4n) is 2.78. The van der Waals surface area contributed by atoms with Crippen molar-refractivity contribution in [2.75, 3.05) is 7.11 Å². The maximum atomic E-state index is 11.5. The molecule has 112 valence electrons. The Morgan fingerprint density at radius 1 is 1.33 bits per heavy atom.